The number of nitrogens with two attached hydrogens (primary N) is 1. The summed E-state index contributed by atoms with van der Waals surface area (Å²) < 4.78 is 11.5. The number of likely N-dealkylation sites (N-methyl/N-ethyl adjacent to an activating group) is 1. The fourth-order valence-electron chi connectivity index (χ4n) is 6.50. The van der Waals surface area contributed by atoms with Gasteiger partial charge in [-0.2, -0.15) is 0 Å². The second kappa shape index (κ2) is 15.2. The van der Waals surface area contributed by atoms with Gasteiger partial charge in [0.15, 0.2) is 11.5 Å². The molecule has 12 heteroatoms. The van der Waals surface area contributed by atoms with Crippen LogP contribution < -0.4 is 26.0 Å². The number of piperidine rings is 1. The Hall–Kier alpha value is -3.19. The Balaban J connectivity index is 1.34. The van der Waals surface area contributed by atoms with Gasteiger partial charge in [-0.25, -0.2) is 9.97 Å². The molecule has 1 aliphatic carbocycles. The summed E-state index contributed by atoms with van der Waals surface area (Å²) in [6, 6.07) is 6.82. The maximum atomic E-state index is 12.5. The second-order valence-electron chi connectivity index (χ2n) is 12.3. The molecule has 0 spiro atoms. The van der Waals surface area contributed by atoms with Gasteiger partial charge < -0.3 is 40.7 Å². The van der Waals surface area contributed by atoms with Crippen LogP contribution in [0.15, 0.2) is 18.2 Å². The van der Waals surface area contributed by atoms with Crippen molar-refractivity contribution in [3.63, 3.8) is 0 Å². The van der Waals surface area contributed by atoms with E-state index < -0.39 is 5.91 Å². The number of methoxy groups -OCH3 is 1. The van der Waals surface area contributed by atoms with Gasteiger partial charge in [-0.3, -0.25) is 9.69 Å². The quantitative estimate of drug-likeness (QED) is 0.264. The molecular formula is C32H50N8O4. The Labute approximate surface area is 261 Å². The lowest BCUT2D eigenvalue weighted by molar-refractivity contribution is 0.0980. The van der Waals surface area contributed by atoms with Gasteiger partial charge in [0.1, 0.15) is 18.2 Å². The van der Waals surface area contributed by atoms with Crippen LogP contribution in [-0.2, 0) is 11.2 Å². The van der Waals surface area contributed by atoms with Gasteiger partial charge in [-0.05, 0) is 64.1 Å². The van der Waals surface area contributed by atoms with E-state index >= 15 is 0 Å². The number of carbonyl (C=O) groups excluding carboxylic acids is 1. The van der Waals surface area contributed by atoms with Crippen molar-refractivity contribution < 1.29 is 19.4 Å². The summed E-state index contributed by atoms with van der Waals surface area (Å²) in [6.45, 7) is 9.37. The predicted molar refractivity (Wildman–Crippen MR) is 173 cm³/mol. The van der Waals surface area contributed by atoms with Crippen molar-refractivity contribution in [3.05, 3.63) is 29.6 Å². The minimum atomic E-state index is -0.640. The number of rotatable bonds is 12. The predicted octanol–water partition coefficient (Wildman–Crippen LogP) is 2.84. The Morgan fingerprint density at radius 3 is 2.39 bits per heavy atom. The van der Waals surface area contributed by atoms with E-state index in [0.717, 1.165) is 94.9 Å². The number of aryl methyl sites for hydroxylation is 1. The highest BCUT2D eigenvalue weighted by molar-refractivity contribution is 5.96. The molecule has 2 aliphatic heterocycles. The number of aliphatic hydroxyl groups excluding tert-OH is 1. The van der Waals surface area contributed by atoms with Gasteiger partial charge >= 0.3 is 0 Å². The van der Waals surface area contributed by atoms with E-state index in [2.05, 4.69) is 43.4 Å². The Morgan fingerprint density at radius 1 is 1.00 bits per heavy atom. The van der Waals surface area contributed by atoms with E-state index in [4.69, 9.17) is 20.2 Å². The smallest absolute Gasteiger partial charge is 0.271 e. The summed E-state index contributed by atoms with van der Waals surface area (Å²) in [5.74, 6) is 1.05. The molecule has 3 aliphatic rings. The standard InChI is InChI=1S/C32H50N8O4/c1-4-26-31(34-22-5-8-25(41)9-6-22)37-32(29(36-26)30(33)42)35-23-7-10-27(28(21-23)44-20-19-43-3)40-13-11-24(12-14-40)39-17-15-38(2)16-18-39/h7,10,21-22,24-25,41H,4-6,8-9,11-20H2,1-3H3,(H2,33,42)(H2,34,35,37)/t22-,25-. The highest BCUT2D eigenvalue weighted by Crippen LogP contribution is 2.35. The van der Waals surface area contributed by atoms with E-state index in [-0.39, 0.29) is 17.8 Å². The molecule has 5 N–H and O–H groups in total. The van der Waals surface area contributed by atoms with E-state index in [1.54, 1.807) is 7.11 Å². The van der Waals surface area contributed by atoms with E-state index in [0.29, 0.717) is 43.0 Å². The molecule has 3 fully saturated rings. The van der Waals surface area contributed by atoms with Crippen LogP contribution in [-0.4, -0.2) is 116 Å². The van der Waals surface area contributed by atoms with Gasteiger partial charge in [-0.1, -0.05) is 6.92 Å². The number of carbonyl (C=O) groups is 1. The molecule has 0 atom stereocenters. The number of hydrogen-bond acceptors (Lipinski definition) is 11. The highest BCUT2D eigenvalue weighted by atomic mass is 16.5. The Morgan fingerprint density at radius 2 is 1.73 bits per heavy atom. The molecule has 5 rings (SSSR count). The molecule has 0 radical (unpaired) electrons. The van der Waals surface area contributed by atoms with Gasteiger partial charge in [0.2, 0.25) is 0 Å². The molecule has 2 aromatic rings. The van der Waals surface area contributed by atoms with Crippen LogP contribution in [0.5, 0.6) is 5.75 Å². The molecule has 12 nitrogen and oxygen atoms in total. The zero-order valence-corrected chi connectivity index (χ0v) is 26.6. The van der Waals surface area contributed by atoms with E-state index in [1.165, 1.54) is 0 Å². The first kappa shape index (κ1) is 32.2. The average molecular weight is 611 g/mol. The van der Waals surface area contributed by atoms with Crippen LogP contribution in [0.3, 0.4) is 0 Å². The second-order valence-corrected chi connectivity index (χ2v) is 12.3. The fraction of sp³-hybridized carbons (Fsp3) is 0.656. The van der Waals surface area contributed by atoms with Crippen molar-refractivity contribution in [1.82, 2.24) is 19.8 Å². The van der Waals surface area contributed by atoms with Gasteiger partial charge in [-0.15, -0.1) is 0 Å². The number of piperazine rings is 1. The molecule has 3 heterocycles. The van der Waals surface area contributed by atoms with Crippen LogP contribution in [0.2, 0.25) is 0 Å². The van der Waals surface area contributed by atoms with Gasteiger partial charge in [0.25, 0.3) is 5.91 Å². The fourth-order valence-corrected chi connectivity index (χ4v) is 6.50. The SMILES string of the molecule is CCc1nc(C(N)=O)c(Nc2ccc(N3CCC(N4CCN(C)CC4)CC3)c(OCCOC)c2)nc1N[C@H]1CC[C@H](O)CC1. The number of aromatic nitrogens is 2. The topological polar surface area (TPSA) is 141 Å². The lowest BCUT2D eigenvalue weighted by Crippen LogP contribution is -2.52. The molecule has 0 bridgehead atoms. The van der Waals surface area contributed by atoms with Crippen molar-refractivity contribution in [2.24, 2.45) is 5.73 Å². The summed E-state index contributed by atoms with van der Waals surface area (Å²) in [4.78, 5) is 29.4. The lowest BCUT2D eigenvalue weighted by Gasteiger charge is -2.42. The van der Waals surface area contributed by atoms with Gasteiger partial charge in [0, 0.05) is 70.2 Å². The van der Waals surface area contributed by atoms with Crippen LogP contribution in [0, 0.1) is 0 Å². The third kappa shape index (κ3) is 8.09. The summed E-state index contributed by atoms with van der Waals surface area (Å²) in [5, 5.41) is 16.7. The molecule has 0 unspecified atom stereocenters. The molecule has 2 saturated heterocycles. The van der Waals surface area contributed by atoms with E-state index in [9.17, 15) is 9.90 Å². The lowest BCUT2D eigenvalue weighted by atomic mass is 9.93. The first-order valence-electron chi connectivity index (χ1n) is 16.2. The van der Waals surface area contributed by atoms with Crippen LogP contribution in [0.25, 0.3) is 0 Å². The Bertz CT molecular complexity index is 1240. The average Bonchev–Trinajstić information content (AvgIpc) is 3.03. The minimum Gasteiger partial charge on any atom is -0.489 e. The molecular weight excluding hydrogens is 560 g/mol. The number of nitrogens with one attached hydrogen (secondary N) is 2. The van der Waals surface area contributed by atoms with Crippen molar-refractivity contribution >= 4 is 28.9 Å². The number of nitrogens with zero attached hydrogens (tertiary/aromatic N) is 5. The first-order chi connectivity index (χ1) is 21.3. The molecule has 1 saturated carbocycles. The number of primary amides is 1. The summed E-state index contributed by atoms with van der Waals surface area (Å²) in [5.41, 5.74) is 8.33. The van der Waals surface area contributed by atoms with Crippen molar-refractivity contribution in [1.29, 1.82) is 0 Å². The first-order valence-corrected chi connectivity index (χ1v) is 16.2. The normalized spacial score (nSPS) is 22.1. The summed E-state index contributed by atoms with van der Waals surface area (Å²) in [7, 11) is 3.86. The molecule has 1 aromatic heterocycles. The highest BCUT2D eigenvalue weighted by Gasteiger charge is 2.28. The monoisotopic (exact) mass is 610 g/mol. The number of benzene rings is 1. The number of hydrogen-bond donors (Lipinski definition) is 4. The van der Waals surface area contributed by atoms with Crippen LogP contribution in [0.4, 0.5) is 23.0 Å². The zero-order chi connectivity index (χ0) is 31.1. The summed E-state index contributed by atoms with van der Waals surface area (Å²) in [6.07, 6.45) is 5.81. The number of aliphatic hydroxyl groups is 1. The minimum absolute atomic E-state index is 0.100. The largest absolute Gasteiger partial charge is 0.489 e. The summed E-state index contributed by atoms with van der Waals surface area (Å²) >= 11 is 0. The zero-order valence-electron chi connectivity index (χ0n) is 26.6. The van der Waals surface area contributed by atoms with E-state index in [1.807, 2.05) is 19.1 Å². The van der Waals surface area contributed by atoms with Crippen LogP contribution >= 0.6 is 0 Å². The maximum Gasteiger partial charge on any atom is 0.271 e. The maximum absolute atomic E-state index is 12.5. The molecule has 1 aromatic carbocycles. The third-order valence-corrected chi connectivity index (χ3v) is 9.20. The van der Waals surface area contributed by atoms with Crippen molar-refractivity contribution in [3.8, 4) is 5.75 Å². The number of amides is 1. The Kier molecular flexibility index (Phi) is 11.1. The molecule has 1 amide bonds. The van der Waals surface area contributed by atoms with Crippen molar-refractivity contribution in [2.45, 2.75) is 70.1 Å². The van der Waals surface area contributed by atoms with Crippen LogP contribution in [0.1, 0.15) is 61.6 Å². The molecule has 44 heavy (non-hydrogen) atoms. The number of ether oxygens (including phenoxy) is 2. The molecule has 242 valence electrons. The third-order valence-electron chi connectivity index (χ3n) is 9.20. The number of anilines is 4. The van der Waals surface area contributed by atoms with Gasteiger partial charge in [0.05, 0.1) is 24.1 Å². The van der Waals surface area contributed by atoms with Crippen molar-refractivity contribution in [2.75, 3.05) is 82.2 Å².